The Morgan fingerprint density at radius 1 is 1.19 bits per heavy atom. The predicted octanol–water partition coefficient (Wildman–Crippen LogP) is 3.76. The molecule has 3 aromatic rings. The standard InChI is InChI=1S/C19H15F3N4O3S2/c1-29-16-8-12(18(21)22)14(20)7-13(16)17-11-3-2-10(6-15(11)24-9-25-17)31(27,28)26-19-23-4-5-30-19/h2-3,6-9,18H,4-5H2,1H3,(H,23,26). The first kappa shape index (κ1) is 21.4. The molecule has 0 bridgehead atoms. The van der Waals surface area contributed by atoms with E-state index < -0.39 is 27.8 Å². The molecular formula is C19H15F3N4O3S2. The molecule has 0 fully saturated rings. The van der Waals surface area contributed by atoms with E-state index >= 15 is 0 Å². The van der Waals surface area contributed by atoms with Crippen LogP contribution in [0.5, 0.6) is 5.75 Å². The van der Waals surface area contributed by atoms with E-state index in [-0.39, 0.29) is 27.4 Å². The van der Waals surface area contributed by atoms with Crippen molar-refractivity contribution < 1.29 is 26.3 Å². The van der Waals surface area contributed by atoms with Gasteiger partial charge in [0.05, 0.1) is 35.3 Å². The van der Waals surface area contributed by atoms with Crippen molar-refractivity contribution in [2.24, 2.45) is 4.99 Å². The third kappa shape index (κ3) is 4.17. The van der Waals surface area contributed by atoms with Crippen LogP contribution >= 0.6 is 11.8 Å². The smallest absolute Gasteiger partial charge is 0.266 e. The summed E-state index contributed by atoms with van der Waals surface area (Å²) in [5.74, 6) is -0.392. The number of sulfonamides is 1. The maximum Gasteiger partial charge on any atom is 0.266 e. The van der Waals surface area contributed by atoms with Crippen molar-refractivity contribution in [1.82, 2.24) is 14.7 Å². The van der Waals surface area contributed by atoms with Crippen LogP contribution in [0.2, 0.25) is 0 Å². The molecule has 4 rings (SSSR count). The number of methoxy groups -OCH3 is 1. The van der Waals surface area contributed by atoms with Gasteiger partial charge in [0.25, 0.3) is 16.4 Å². The minimum absolute atomic E-state index is 0.00587. The summed E-state index contributed by atoms with van der Waals surface area (Å²) < 4.78 is 73.2. The first-order valence-electron chi connectivity index (χ1n) is 8.91. The molecule has 0 atom stereocenters. The summed E-state index contributed by atoms with van der Waals surface area (Å²) in [4.78, 5) is 12.3. The van der Waals surface area contributed by atoms with Gasteiger partial charge in [-0.15, -0.1) is 0 Å². The molecule has 7 nitrogen and oxygen atoms in total. The molecule has 0 spiro atoms. The zero-order chi connectivity index (χ0) is 22.2. The van der Waals surface area contributed by atoms with Gasteiger partial charge >= 0.3 is 0 Å². The first-order chi connectivity index (χ1) is 14.8. The summed E-state index contributed by atoms with van der Waals surface area (Å²) in [6, 6.07) is 6.02. The number of aliphatic imine (C=N–C) groups is 1. The van der Waals surface area contributed by atoms with Crippen molar-refractivity contribution in [2.45, 2.75) is 11.3 Å². The summed E-state index contributed by atoms with van der Waals surface area (Å²) in [5.41, 5.74) is -0.156. The summed E-state index contributed by atoms with van der Waals surface area (Å²) in [6.45, 7) is 0.541. The molecule has 1 aliphatic heterocycles. The molecule has 0 radical (unpaired) electrons. The van der Waals surface area contributed by atoms with Crippen LogP contribution in [0, 0.1) is 5.82 Å². The number of nitrogens with zero attached hydrogens (tertiary/aromatic N) is 3. The lowest BCUT2D eigenvalue weighted by molar-refractivity contribution is 0.146. The molecule has 0 saturated carbocycles. The number of hydrogen-bond acceptors (Lipinski definition) is 7. The SMILES string of the molecule is COc1cc(C(F)F)c(F)cc1-c1ncnc2cc(S(=O)(=O)NC3=NCCS3)ccc12. The Morgan fingerprint density at radius 3 is 2.68 bits per heavy atom. The van der Waals surface area contributed by atoms with E-state index in [9.17, 15) is 21.6 Å². The van der Waals surface area contributed by atoms with E-state index in [4.69, 9.17) is 4.74 Å². The van der Waals surface area contributed by atoms with Gasteiger partial charge in [0.1, 0.15) is 17.9 Å². The number of benzene rings is 2. The monoisotopic (exact) mass is 468 g/mol. The van der Waals surface area contributed by atoms with Crippen LogP contribution in [0.15, 0.2) is 46.5 Å². The van der Waals surface area contributed by atoms with Crippen molar-refractivity contribution in [3.05, 3.63) is 48.0 Å². The lowest BCUT2D eigenvalue weighted by atomic mass is 10.0. The Hall–Kier alpha value is -2.86. The largest absolute Gasteiger partial charge is 0.496 e. The highest BCUT2D eigenvalue weighted by atomic mass is 32.2. The van der Waals surface area contributed by atoms with Crippen LogP contribution < -0.4 is 9.46 Å². The van der Waals surface area contributed by atoms with E-state index in [0.29, 0.717) is 22.9 Å². The van der Waals surface area contributed by atoms with Gasteiger partial charge in [-0.25, -0.2) is 31.6 Å². The number of fused-ring (bicyclic) bond motifs is 1. The lowest BCUT2D eigenvalue weighted by Gasteiger charge is -2.13. The molecule has 1 N–H and O–H groups in total. The van der Waals surface area contributed by atoms with Gasteiger partial charge < -0.3 is 4.74 Å². The van der Waals surface area contributed by atoms with Crippen LogP contribution in [0.1, 0.15) is 12.0 Å². The maximum atomic E-state index is 14.2. The third-order valence-electron chi connectivity index (χ3n) is 4.53. The summed E-state index contributed by atoms with van der Waals surface area (Å²) in [5, 5.41) is 0.722. The molecule has 0 saturated heterocycles. The lowest BCUT2D eigenvalue weighted by Crippen LogP contribution is -2.27. The fraction of sp³-hybridized carbons (Fsp3) is 0.211. The maximum absolute atomic E-state index is 14.2. The normalized spacial score (nSPS) is 14.2. The van der Waals surface area contributed by atoms with Crippen LogP contribution in [0.25, 0.3) is 22.2 Å². The molecule has 2 heterocycles. The molecule has 1 aliphatic rings. The van der Waals surface area contributed by atoms with Crippen LogP contribution in [-0.2, 0) is 10.0 Å². The van der Waals surface area contributed by atoms with E-state index in [1.54, 1.807) is 0 Å². The van der Waals surface area contributed by atoms with E-state index in [1.165, 1.54) is 43.4 Å². The Bertz CT molecular complexity index is 1300. The van der Waals surface area contributed by atoms with Crippen LogP contribution in [0.3, 0.4) is 0 Å². The fourth-order valence-electron chi connectivity index (χ4n) is 3.08. The number of thioether (sulfide) groups is 1. The van der Waals surface area contributed by atoms with E-state index in [2.05, 4.69) is 19.7 Å². The topological polar surface area (TPSA) is 93.5 Å². The van der Waals surface area contributed by atoms with Gasteiger partial charge in [-0.2, -0.15) is 0 Å². The molecule has 0 amide bonds. The molecule has 0 aliphatic carbocycles. The van der Waals surface area contributed by atoms with Gasteiger partial charge in [0.2, 0.25) is 0 Å². The zero-order valence-electron chi connectivity index (χ0n) is 16.0. The third-order valence-corrected chi connectivity index (χ3v) is 6.89. The van der Waals surface area contributed by atoms with E-state index in [1.807, 2.05) is 0 Å². The zero-order valence-corrected chi connectivity index (χ0v) is 17.6. The summed E-state index contributed by atoms with van der Waals surface area (Å²) >= 11 is 1.31. The highest BCUT2D eigenvalue weighted by molar-refractivity contribution is 8.15. The minimum Gasteiger partial charge on any atom is -0.496 e. The Morgan fingerprint density at radius 2 is 2.00 bits per heavy atom. The second-order valence-corrected chi connectivity index (χ2v) is 9.18. The van der Waals surface area contributed by atoms with Crippen LogP contribution in [-0.4, -0.2) is 43.0 Å². The second kappa shape index (κ2) is 8.35. The number of ether oxygens (including phenoxy) is 1. The van der Waals surface area contributed by atoms with Gasteiger partial charge in [-0.1, -0.05) is 11.8 Å². The van der Waals surface area contributed by atoms with E-state index in [0.717, 1.165) is 12.1 Å². The average Bonchev–Trinajstić information content (AvgIpc) is 3.24. The number of amidine groups is 1. The molecule has 2 aromatic carbocycles. The van der Waals surface area contributed by atoms with Gasteiger partial charge in [0.15, 0.2) is 5.17 Å². The highest BCUT2D eigenvalue weighted by Crippen LogP contribution is 2.37. The van der Waals surface area contributed by atoms with Gasteiger partial charge in [-0.05, 0) is 30.3 Å². The van der Waals surface area contributed by atoms with Crippen LogP contribution in [0.4, 0.5) is 13.2 Å². The number of halogens is 3. The van der Waals surface area contributed by atoms with Crippen molar-refractivity contribution in [2.75, 3.05) is 19.4 Å². The second-order valence-electron chi connectivity index (χ2n) is 6.42. The number of alkyl halides is 2. The summed E-state index contributed by atoms with van der Waals surface area (Å²) in [7, 11) is -2.60. The number of aromatic nitrogens is 2. The van der Waals surface area contributed by atoms with Crippen molar-refractivity contribution in [3.63, 3.8) is 0 Å². The molecular weight excluding hydrogens is 453 g/mol. The molecule has 12 heteroatoms. The molecule has 31 heavy (non-hydrogen) atoms. The Kier molecular flexibility index (Phi) is 5.75. The molecule has 1 aromatic heterocycles. The number of hydrogen-bond donors (Lipinski definition) is 1. The van der Waals surface area contributed by atoms with Crippen molar-refractivity contribution in [1.29, 1.82) is 0 Å². The Labute approximate surface area is 179 Å². The molecule has 162 valence electrons. The van der Waals surface area contributed by atoms with Gasteiger partial charge in [-0.3, -0.25) is 9.71 Å². The Balaban J connectivity index is 1.80. The molecule has 0 unspecified atom stereocenters. The predicted molar refractivity (Wildman–Crippen MR) is 112 cm³/mol. The fourth-order valence-corrected chi connectivity index (χ4v) is 5.13. The van der Waals surface area contributed by atoms with Crippen molar-refractivity contribution in [3.8, 4) is 17.0 Å². The quantitative estimate of drug-likeness (QED) is 0.613. The highest BCUT2D eigenvalue weighted by Gasteiger charge is 2.22. The first-order valence-corrected chi connectivity index (χ1v) is 11.4. The average molecular weight is 468 g/mol. The van der Waals surface area contributed by atoms with Gasteiger partial charge in [0, 0.05) is 16.7 Å². The summed E-state index contributed by atoms with van der Waals surface area (Å²) in [6.07, 6.45) is -1.83. The minimum atomic E-state index is -3.88. The number of rotatable bonds is 5. The number of nitrogens with one attached hydrogen (secondary N) is 1. The van der Waals surface area contributed by atoms with Crippen molar-refractivity contribution >= 4 is 37.9 Å².